The van der Waals surface area contributed by atoms with Crippen molar-refractivity contribution in [1.29, 1.82) is 0 Å². The molecule has 0 aliphatic heterocycles. The number of aromatic nitrogens is 4. The predicted octanol–water partition coefficient (Wildman–Crippen LogP) is 2.90. The Bertz CT molecular complexity index is 628. The fourth-order valence-corrected chi connectivity index (χ4v) is 2.62. The highest BCUT2D eigenvalue weighted by Crippen LogP contribution is 2.32. The lowest BCUT2D eigenvalue weighted by Crippen LogP contribution is -1.74. The monoisotopic (exact) mass is 242 g/mol. The van der Waals surface area contributed by atoms with Crippen molar-refractivity contribution in [2.24, 2.45) is 0 Å². The second-order valence-electron chi connectivity index (χ2n) is 3.78. The van der Waals surface area contributed by atoms with Gasteiger partial charge in [0.2, 0.25) is 0 Å². The van der Waals surface area contributed by atoms with E-state index in [9.17, 15) is 0 Å². The lowest BCUT2D eigenvalue weighted by Gasteiger charge is -1.98. The summed E-state index contributed by atoms with van der Waals surface area (Å²) in [5.41, 5.74) is 2.49. The molecule has 2 heterocycles. The van der Waals surface area contributed by atoms with E-state index in [1.54, 1.807) is 11.3 Å². The van der Waals surface area contributed by atoms with Crippen molar-refractivity contribution in [3.05, 3.63) is 42.0 Å². The van der Waals surface area contributed by atoms with Crippen LogP contribution in [0.15, 0.2) is 36.4 Å². The average Bonchev–Trinajstić information content (AvgIpc) is 3.00. The number of aromatic amines is 1. The van der Waals surface area contributed by atoms with Gasteiger partial charge in [0, 0.05) is 4.88 Å². The Kier molecular flexibility index (Phi) is 2.45. The SMILES string of the molecule is Cc1cccc(-c2ccc(-c3nnn[nH]3)s2)c1. The van der Waals surface area contributed by atoms with E-state index >= 15 is 0 Å². The minimum atomic E-state index is 0.717. The van der Waals surface area contributed by atoms with Crippen LogP contribution in [0, 0.1) is 6.92 Å². The van der Waals surface area contributed by atoms with Gasteiger partial charge in [0.25, 0.3) is 0 Å². The van der Waals surface area contributed by atoms with Gasteiger partial charge in [-0.3, -0.25) is 0 Å². The van der Waals surface area contributed by atoms with Gasteiger partial charge in [-0.2, -0.15) is 0 Å². The summed E-state index contributed by atoms with van der Waals surface area (Å²) < 4.78 is 0. The van der Waals surface area contributed by atoms with Crippen molar-refractivity contribution in [2.45, 2.75) is 6.92 Å². The van der Waals surface area contributed by atoms with Crippen LogP contribution in [-0.4, -0.2) is 20.6 Å². The third kappa shape index (κ3) is 1.97. The molecule has 3 rings (SSSR count). The summed E-state index contributed by atoms with van der Waals surface area (Å²) in [5, 5.41) is 13.8. The molecule has 1 N–H and O–H groups in total. The number of H-pyrrole nitrogens is 1. The van der Waals surface area contributed by atoms with Gasteiger partial charge in [-0.05, 0) is 35.0 Å². The molecule has 2 aromatic heterocycles. The van der Waals surface area contributed by atoms with Crippen molar-refractivity contribution < 1.29 is 0 Å². The third-order valence-corrected chi connectivity index (χ3v) is 3.63. The third-order valence-electron chi connectivity index (χ3n) is 2.49. The van der Waals surface area contributed by atoms with Crippen LogP contribution in [-0.2, 0) is 0 Å². The summed E-state index contributed by atoms with van der Waals surface area (Å²) in [5.74, 6) is 0.717. The second kappa shape index (κ2) is 4.10. The molecule has 0 saturated carbocycles. The zero-order valence-corrected chi connectivity index (χ0v) is 10.0. The van der Waals surface area contributed by atoms with E-state index in [1.165, 1.54) is 16.0 Å². The number of nitrogens with one attached hydrogen (secondary N) is 1. The zero-order chi connectivity index (χ0) is 11.7. The van der Waals surface area contributed by atoms with E-state index in [4.69, 9.17) is 0 Å². The highest BCUT2D eigenvalue weighted by Gasteiger charge is 2.07. The molecule has 84 valence electrons. The van der Waals surface area contributed by atoms with Gasteiger partial charge >= 0.3 is 0 Å². The Morgan fingerprint density at radius 2 is 2.00 bits per heavy atom. The molecule has 0 amide bonds. The molecule has 0 aliphatic carbocycles. The topological polar surface area (TPSA) is 54.5 Å². The first kappa shape index (κ1) is 10.2. The fourth-order valence-electron chi connectivity index (χ4n) is 1.68. The van der Waals surface area contributed by atoms with E-state index in [1.807, 2.05) is 6.07 Å². The molecular formula is C12H10N4S. The van der Waals surface area contributed by atoms with E-state index in [2.05, 4.69) is 57.9 Å². The van der Waals surface area contributed by atoms with Gasteiger partial charge in [-0.25, -0.2) is 5.10 Å². The summed E-state index contributed by atoms with van der Waals surface area (Å²) in [6, 6.07) is 12.6. The van der Waals surface area contributed by atoms with Gasteiger partial charge in [0.15, 0.2) is 5.82 Å². The second-order valence-corrected chi connectivity index (χ2v) is 4.87. The van der Waals surface area contributed by atoms with E-state index in [0.717, 1.165) is 4.88 Å². The lowest BCUT2D eigenvalue weighted by atomic mass is 10.1. The Hall–Kier alpha value is -2.01. The molecule has 4 nitrogen and oxygen atoms in total. The molecule has 0 spiro atoms. The molecule has 0 atom stereocenters. The summed E-state index contributed by atoms with van der Waals surface area (Å²) in [7, 11) is 0. The van der Waals surface area contributed by atoms with Gasteiger partial charge in [-0.15, -0.1) is 16.4 Å². The normalized spacial score (nSPS) is 10.6. The highest BCUT2D eigenvalue weighted by atomic mass is 32.1. The minimum Gasteiger partial charge on any atom is -0.238 e. The smallest absolute Gasteiger partial charge is 0.189 e. The molecule has 3 aromatic rings. The van der Waals surface area contributed by atoms with Gasteiger partial charge < -0.3 is 0 Å². The van der Waals surface area contributed by atoms with Crippen LogP contribution in [0.5, 0.6) is 0 Å². The molecule has 0 fully saturated rings. The van der Waals surface area contributed by atoms with E-state index in [0.29, 0.717) is 5.82 Å². The van der Waals surface area contributed by atoms with Crippen molar-refractivity contribution in [2.75, 3.05) is 0 Å². The summed E-state index contributed by atoms with van der Waals surface area (Å²) in [4.78, 5) is 2.27. The molecular weight excluding hydrogens is 232 g/mol. The van der Waals surface area contributed by atoms with Crippen molar-refractivity contribution in [1.82, 2.24) is 20.6 Å². The molecule has 0 bridgehead atoms. The number of rotatable bonds is 2. The van der Waals surface area contributed by atoms with E-state index < -0.39 is 0 Å². The van der Waals surface area contributed by atoms with Gasteiger partial charge in [-0.1, -0.05) is 29.8 Å². The summed E-state index contributed by atoms with van der Waals surface area (Å²) >= 11 is 1.68. The van der Waals surface area contributed by atoms with Crippen LogP contribution in [0.4, 0.5) is 0 Å². The van der Waals surface area contributed by atoms with Crippen molar-refractivity contribution >= 4 is 11.3 Å². The first-order chi connectivity index (χ1) is 8.33. The average molecular weight is 242 g/mol. The van der Waals surface area contributed by atoms with Crippen LogP contribution in [0.1, 0.15) is 5.56 Å². The first-order valence-corrected chi connectivity index (χ1v) is 6.05. The maximum atomic E-state index is 3.90. The number of aryl methyl sites for hydroxylation is 1. The summed E-state index contributed by atoms with van der Waals surface area (Å²) in [6.07, 6.45) is 0. The standard InChI is InChI=1S/C12H10N4S/c1-8-3-2-4-9(7-8)10-5-6-11(17-10)12-13-15-16-14-12/h2-7H,1H3,(H,13,14,15,16). The maximum Gasteiger partial charge on any atom is 0.189 e. The van der Waals surface area contributed by atoms with Crippen LogP contribution >= 0.6 is 11.3 Å². The Morgan fingerprint density at radius 1 is 1.12 bits per heavy atom. The maximum absolute atomic E-state index is 3.90. The van der Waals surface area contributed by atoms with Crippen molar-refractivity contribution in [3.63, 3.8) is 0 Å². The lowest BCUT2D eigenvalue weighted by molar-refractivity contribution is 0.881. The van der Waals surface area contributed by atoms with Crippen LogP contribution in [0.25, 0.3) is 21.1 Å². The minimum absolute atomic E-state index is 0.717. The van der Waals surface area contributed by atoms with Crippen molar-refractivity contribution in [3.8, 4) is 21.1 Å². The number of tetrazole rings is 1. The predicted molar refractivity (Wildman–Crippen MR) is 67.7 cm³/mol. The number of benzene rings is 1. The Morgan fingerprint density at radius 3 is 2.76 bits per heavy atom. The molecule has 0 saturated heterocycles. The highest BCUT2D eigenvalue weighted by molar-refractivity contribution is 7.18. The molecule has 0 radical (unpaired) electrons. The van der Waals surface area contributed by atoms with E-state index in [-0.39, 0.29) is 0 Å². The molecule has 17 heavy (non-hydrogen) atoms. The van der Waals surface area contributed by atoms with Crippen LogP contribution in [0.2, 0.25) is 0 Å². The quantitative estimate of drug-likeness (QED) is 0.751. The number of hydrogen-bond acceptors (Lipinski definition) is 4. The van der Waals surface area contributed by atoms with Crippen LogP contribution < -0.4 is 0 Å². The fraction of sp³-hybridized carbons (Fsp3) is 0.0833. The zero-order valence-electron chi connectivity index (χ0n) is 9.21. The van der Waals surface area contributed by atoms with Gasteiger partial charge in [0.05, 0.1) is 4.88 Å². The number of thiophene rings is 1. The molecule has 5 heteroatoms. The molecule has 0 unspecified atom stereocenters. The Balaban J connectivity index is 2.01. The number of hydrogen-bond donors (Lipinski definition) is 1. The largest absolute Gasteiger partial charge is 0.238 e. The molecule has 0 aliphatic rings. The summed E-state index contributed by atoms with van der Waals surface area (Å²) in [6.45, 7) is 2.10. The molecule has 1 aromatic carbocycles. The number of nitrogens with zero attached hydrogens (tertiary/aromatic N) is 3. The Labute approximate surface area is 102 Å². The van der Waals surface area contributed by atoms with Crippen LogP contribution in [0.3, 0.4) is 0 Å². The first-order valence-electron chi connectivity index (χ1n) is 5.24. The van der Waals surface area contributed by atoms with Gasteiger partial charge in [0.1, 0.15) is 0 Å².